The average molecular weight is 250 g/mol. The summed E-state index contributed by atoms with van der Waals surface area (Å²) in [6.45, 7) is 3.62. The number of ether oxygens (including phenoxy) is 2. The van der Waals surface area contributed by atoms with E-state index >= 15 is 0 Å². The van der Waals surface area contributed by atoms with E-state index in [2.05, 4.69) is 4.89 Å². The Morgan fingerprint density at radius 1 is 1.24 bits per heavy atom. The number of rotatable bonds is 5. The predicted octanol–water partition coefficient (Wildman–Crippen LogP) is -0.133. The van der Waals surface area contributed by atoms with Crippen LogP contribution in [0.25, 0.3) is 0 Å². The maximum Gasteiger partial charge on any atom is 0.121 e. The Balaban J connectivity index is 2.80. The van der Waals surface area contributed by atoms with Gasteiger partial charge in [0.25, 0.3) is 0 Å². The van der Waals surface area contributed by atoms with Crippen molar-refractivity contribution < 1.29 is 29.5 Å². The van der Waals surface area contributed by atoms with Crippen LogP contribution >= 0.6 is 0 Å². The van der Waals surface area contributed by atoms with Gasteiger partial charge in [0.15, 0.2) is 0 Å². The number of hydrogen-bond donors (Lipinski definition) is 2. The van der Waals surface area contributed by atoms with Gasteiger partial charge in [0.2, 0.25) is 0 Å². The molecule has 0 saturated carbocycles. The van der Waals surface area contributed by atoms with Crippen molar-refractivity contribution in [2.75, 3.05) is 14.2 Å². The van der Waals surface area contributed by atoms with Crippen molar-refractivity contribution in [3.05, 3.63) is 0 Å². The summed E-state index contributed by atoms with van der Waals surface area (Å²) in [5.74, 6) is 0. The van der Waals surface area contributed by atoms with Crippen molar-refractivity contribution in [3.63, 3.8) is 0 Å². The third kappa shape index (κ3) is 3.15. The van der Waals surface area contributed by atoms with Gasteiger partial charge in [-0.3, -0.25) is 0 Å². The molecule has 0 aliphatic carbocycles. The van der Waals surface area contributed by atoms with Crippen molar-refractivity contribution >= 4 is 0 Å². The Labute approximate surface area is 101 Å². The quantitative estimate of drug-likeness (QED) is 0.523. The smallest absolute Gasteiger partial charge is 0.121 e. The summed E-state index contributed by atoms with van der Waals surface area (Å²) in [6, 6.07) is 0. The molecule has 6 nitrogen and oxygen atoms in total. The Hall–Kier alpha value is -0.240. The molecule has 6 heteroatoms. The van der Waals surface area contributed by atoms with Crippen LogP contribution < -0.4 is 0 Å². The molecule has 1 fully saturated rings. The lowest BCUT2D eigenvalue weighted by atomic mass is 9.92. The number of methoxy groups -OCH3 is 1. The highest BCUT2D eigenvalue weighted by atomic mass is 17.2. The Bertz CT molecular complexity index is 224. The highest BCUT2D eigenvalue weighted by Crippen LogP contribution is 2.27. The number of hydrogen-bond acceptors (Lipinski definition) is 6. The fourth-order valence-electron chi connectivity index (χ4n) is 2.12. The van der Waals surface area contributed by atoms with Crippen molar-refractivity contribution in [2.24, 2.45) is 0 Å². The minimum Gasteiger partial charge on any atom is -0.388 e. The molecule has 6 atom stereocenters. The fourth-order valence-corrected chi connectivity index (χ4v) is 2.12. The van der Waals surface area contributed by atoms with Gasteiger partial charge >= 0.3 is 0 Å². The topological polar surface area (TPSA) is 77.4 Å². The molecule has 17 heavy (non-hydrogen) atoms. The molecule has 1 aliphatic rings. The average Bonchev–Trinajstić information content (AvgIpc) is 2.33. The van der Waals surface area contributed by atoms with E-state index in [-0.39, 0.29) is 6.10 Å². The van der Waals surface area contributed by atoms with Gasteiger partial charge in [-0.2, -0.15) is 0 Å². The first kappa shape index (κ1) is 14.8. The van der Waals surface area contributed by atoms with E-state index in [4.69, 9.17) is 14.4 Å². The van der Waals surface area contributed by atoms with Gasteiger partial charge in [-0.15, -0.1) is 0 Å². The van der Waals surface area contributed by atoms with Crippen LogP contribution in [0.2, 0.25) is 0 Å². The first-order chi connectivity index (χ1) is 8.06. The molecule has 0 spiro atoms. The second-order valence-electron chi connectivity index (χ2n) is 4.20. The molecule has 2 N–H and O–H groups in total. The van der Waals surface area contributed by atoms with Crippen molar-refractivity contribution in [1.29, 1.82) is 0 Å². The highest BCUT2D eigenvalue weighted by molar-refractivity contribution is 4.94. The molecule has 1 rings (SSSR count). The van der Waals surface area contributed by atoms with E-state index in [1.165, 1.54) is 14.2 Å². The first-order valence-electron chi connectivity index (χ1n) is 5.80. The molecule has 102 valence electrons. The van der Waals surface area contributed by atoms with E-state index in [0.717, 1.165) is 0 Å². The van der Waals surface area contributed by atoms with E-state index in [0.29, 0.717) is 6.42 Å². The third-order valence-electron chi connectivity index (χ3n) is 3.12. The van der Waals surface area contributed by atoms with Crippen LogP contribution in [0.4, 0.5) is 0 Å². The van der Waals surface area contributed by atoms with Gasteiger partial charge in [-0.05, 0) is 13.3 Å². The van der Waals surface area contributed by atoms with Gasteiger partial charge in [-0.25, -0.2) is 9.78 Å². The van der Waals surface area contributed by atoms with Gasteiger partial charge in [-0.1, -0.05) is 6.92 Å². The van der Waals surface area contributed by atoms with Crippen molar-refractivity contribution in [1.82, 2.24) is 0 Å². The molecule has 1 heterocycles. The van der Waals surface area contributed by atoms with E-state index in [9.17, 15) is 10.2 Å². The summed E-state index contributed by atoms with van der Waals surface area (Å²) in [5, 5.41) is 19.7. The number of aliphatic hydroxyl groups is 2. The summed E-state index contributed by atoms with van der Waals surface area (Å²) in [5.41, 5.74) is 0. The molecule has 0 aromatic heterocycles. The van der Waals surface area contributed by atoms with Gasteiger partial charge < -0.3 is 19.7 Å². The Morgan fingerprint density at radius 2 is 1.88 bits per heavy atom. The molecular weight excluding hydrogens is 228 g/mol. The third-order valence-corrected chi connectivity index (χ3v) is 3.12. The van der Waals surface area contributed by atoms with Crippen LogP contribution in [0, 0.1) is 0 Å². The summed E-state index contributed by atoms with van der Waals surface area (Å²) < 4.78 is 10.8. The predicted molar refractivity (Wildman–Crippen MR) is 59.3 cm³/mol. The minimum absolute atomic E-state index is 0.352. The monoisotopic (exact) mass is 250 g/mol. The summed E-state index contributed by atoms with van der Waals surface area (Å²) in [6.07, 6.45) is -3.25. The largest absolute Gasteiger partial charge is 0.388 e. The Morgan fingerprint density at radius 3 is 2.35 bits per heavy atom. The molecular formula is C11H22O6. The van der Waals surface area contributed by atoms with Crippen LogP contribution in [-0.4, -0.2) is 61.1 Å². The van der Waals surface area contributed by atoms with Crippen LogP contribution in [-0.2, 0) is 19.2 Å². The summed E-state index contributed by atoms with van der Waals surface area (Å²) >= 11 is 0. The molecule has 0 amide bonds. The van der Waals surface area contributed by atoms with Crippen molar-refractivity contribution in [3.8, 4) is 0 Å². The lowest BCUT2D eigenvalue weighted by Gasteiger charge is -2.43. The lowest BCUT2D eigenvalue weighted by molar-refractivity contribution is -0.347. The van der Waals surface area contributed by atoms with Gasteiger partial charge in [0, 0.05) is 7.11 Å². The normalized spacial score (nSPS) is 40.2. The van der Waals surface area contributed by atoms with Crippen LogP contribution in [0.15, 0.2) is 0 Å². The summed E-state index contributed by atoms with van der Waals surface area (Å²) in [4.78, 5) is 9.76. The molecule has 0 bridgehead atoms. The second kappa shape index (κ2) is 6.63. The molecule has 1 saturated heterocycles. The highest BCUT2D eigenvalue weighted by Gasteiger charge is 2.46. The van der Waals surface area contributed by atoms with E-state index in [1.54, 1.807) is 6.92 Å². The number of aliphatic hydroxyl groups excluding tert-OH is 2. The second-order valence-corrected chi connectivity index (χ2v) is 4.20. The van der Waals surface area contributed by atoms with Gasteiger partial charge in [0.1, 0.15) is 30.5 Å². The van der Waals surface area contributed by atoms with E-state index < -0.39 is 30.5 Å². The zero-order valence-corrected chi connectivity index (χ0v) is 10.7. The van der Waals surface area contributed by atoms with Crippen LogP contribution in [0.5, 0.6) is 0 Å². The van der Waals surface area contributed by atoms with Gasteiger partial charge in [0.05, 0.1) is 13.2 Å². The lowest BCUT2D eigenvalue weighted by Crippen LogP contribution is -2.60. The Kier molecular flexibility index (Phi) is 5.78. The maximum atomic E-state index is 9.94. The molecule has 1 aliphatic heterocycles. The molecule has 0 aromatic rings. The molecule has 0 radical (unpaired) electrons. The SMILES string of the molecule is CCC(OOC)C1OC(C)C(O)C(O)C1OC. The van der Waals surface area contributed by atoms with Crippen molar-refractivity contribution in [2.45, 2.75) is 56.9 Å². The van der Waals surface area contributed by atoms with Crippen LogP contribution in [0.3, 0.4) is 0 Å². The zero-order valence-electron chi connectivity index (χ0n) is 10.7. The molecule has 6 unspecified atom stereocenters. The minimum atomic E-state index is -0.997. The standard InChI is InChI=1S/C11H22O6/c1-5-7(17-15-4)10-11(14-3)9(13)8(12)6(2)16-10/h6-13H,5H2,1-4H3. The fraction of sp³-hybridized carbons (Fsp3) is 1.00. The first-order valence-corrected chi connectivity index (χ1v) is 5.80. The maximum absolute atomic E-state index is 9.94. The van der Waals surface area contributed by atoms with Crippen LogP contribution in [0.1, 0.15) is 20.3 Å². The zero-order chi connectivity index (χ0) is 13.0. The van der Waals surface area contributed by atoms with E-state index in [1.807, 2.05) is 6.92 Å². The molecule has 0 aromatic carbocycles. The summed E-state index contributed by atoms with van der Waals surface area (Å²) in [7, 11) is 2.88.